The van der Waals surface area contributed by atoms with Crippen molar-refractivity contribution in [1.82, 2.24) is 10.3 Å². The Morgan fingerprint density at radius 3 is 2.31 bits per heavy atom. The second kappa shape index (κ2) is 11.0. The molecule has 10 nitrogen and oxygen atoms in total. The number of nitrogens with two attached hydrogens (primary N) is 1. The summed E-state index contributed by atoms with van der Waals surface area (Å²) in [6.45, 7) is -0.153. The molecule has 0 saturated heterocycles. The van der Waals surface area contributed by atoms with E-state index in [0.717, 1.165) is 31.7 Å². The zero-order valence-corrected chi connectivity index (χ0v) is 24.1. The highest BCUT2D eigenvalue weighted by atomic mass is 19.4. The summed E-state index contributed by atoms with van der Waals surface area (Å²) >= 11 is 0. The van der Waals surface area contributed by atoms with E-state index in [0.29, 0.717) is 17.1 Å². The van der Waals surface area contributed by atoms with E-state index < -0.39 is 41.2 Å². The van der Waals surface area contributed by atoms with Crippen LogP contribution < -0.4 is 25.3 Å². The SMILES string of the molecule is C[C@]1(C(N)=O)COc2c1cc([C@@](O)(CNC(=O)c1ccc(OC3CC3)c(OC3CC3)c1)C(F)(F)F)nc2-c1ccc(C#N)cc1. The average molecular weight is 623 g/mol. The van der Waals surface area contributed by atoms with Crippen LogP contribution in [0.15, 0.2) is 48.5 Å². The van der Waals surface area contributed by atoms with Crippen molar-refractivity contribution in [3.05, 3.63) is 70.9 Å². The third-order valence-corrected chi connectivity index (χ3v) is 8.14. The van der Waals surface area contributed by atoms with Crippen LogP contribution in [0.25, 0.3) is 11.3 Å². The smallest absolute Gasteiger partial charge is 0.424 e. The zero-order chi connectivity index (χ0) is 32.1. The first-order valence-corrected chi connectivity index (χ1v) is 14.4. The van der Waals surface area contributed by atoms with Gasteiger partial charge in [-0.25, -0.2) is 4.98 Å². The highest BCUT2D eigenvalue weighted by Crippen LogP contribution is 2.48. The highest BCUT2D eigenvalue weighted by Gasteiger charge is 2.57. The molecule has 0 bridgehead atoms. The number of aromatic nitrogens is 1. The molecule has 0 unspecified atom stereocenters. The number of nitrogens with zero attached hydrogens (tertiary/aromatic N) is 2. The molecule has 2 amide bonds. The number of hydrogen-bond acceptors (Lipinski definition) is 8. The lowest BCUT2D eigenvalue weighted by molar-refractivity contribution is -0.265. The number of carbonyl (C=O) groups is 2. The maximum Gasteiger partial charge on any atom is 0.424 e. The van der Waals surface area contributed by atoms with Gasteiger partial charge >= 0.3 is 6.18 Å². The van der Waals surface area contributed by atoms with Crippen LogP contribution in [0.5, 0.6) is 17.2 Å². The van der Waals surface area contributed by atoms with Crippen molar-refractivity contribution in [3.8, 4) is 34.6 Å². The van der Waals surface area contributed by atoms with E-state index in [9.17, 15) is 27.9 Å². The van der Waals surface area contributed by atoms with Crippen LogP contribution >= 0.6 is 0 Å². The monoisotopic (exact) mass is 622 g/mol. The Balaban J connectivity index is 1.36. The van der Waals surface area contributed by atoms with Crippen LogP contribution in [0.2, 0.25) is 0 Å². The molecule has 4 N–H and O–H groups in total. The fourth-order valence-electron chi connectivity index (χ4n) is 4.91. The van der Waals surface area contributed by atoms with E-state index in [2.05, 4.69) is 10.3 Å². The third-order valence-electron chi connectivity index (χ3n) is 8.14. The summed E-state index contributed by atoms with van der Waals surface area (Å²) in [7, 11) is 0. The number of amides is 2. The van der Waals surface area contributed by atoms with E-state index in [-0.39, 0.29) is 46.9 Å². The van der Waals surface area contributed by atoms with Gasteiger partial charge in [-0.15, -0.1) is 0 Å². The summed E-state index contributed by atoms with van der Waals surface area (Å²) in [5, 5.41) is 22.7. The van der Waals surface area contributed by atoms with Crippen molar-refractivity contribution in [3.63, 3.8) is 0 Å². The number of ether oxygens (including phenoxy) is 3. The van der Waals surface area contributed by atoms with Gasteiger partial charge in [0.2, 0.25) is 11.5 Å². The molecule has 6 rings (SSSR count). The van der Waals surface area contributed by atoms with Crippen LogP contribution in [0, 0.1) is 11.3 Å². The summed E-state index contributed by atoms with van der Waals surface area (Å²) in [6, 6.07) is 13.0. The largest absolute Gasteiger partial charge is 0.489 e. The number of alkyl halides is 3. The highest BCUT2D eigenvalue weighted by molar-refractivity contribution is 5.95. The predicted molar refractivity (Wildman–Crippen MR) is 152 cm³/mol. The summed E-state index contributed by atoms with van der Waals surface area (Å²) in [4.78, 5) is 29.8. The van der Waals surface area contributed by atoms with Gasteiger partial charge in [-0.2, -0.15) is 18.4 Å². The van der Waals surface area contributed by atoms with Crippen LogP contribution in [-0.2, 0) is 15.8 Å². The van der Waals surface area contributed by atoms with Crippen molar-refractivity contribution in [2.75, 3.05) is 13.2 Å². The summed E-state index contributed by atoms with van der Waals surface area (Å²) in [6.07, 6.45) is -1.80. The molecule has 3 aliphatic rings. The van der Waals surface area contributed by atoms with Crippen LogP contribution in [0.4, 0.5) is 13.2 Å². The molecular weight excluding hydrogens is 593 g/mol. The van der Waals surface area contributed by atoms with Gasteiger partial charge in [-0.1, -0.05) is 12.1 Å². The van der Waals surface area contributed by atoms with E-state index in [1.165, 1.54) is 49.4 Å². The molecule has 1 aliphatic heterocycles. The number of primary amides is 1. The molecule has 1 aromatic heterocycles. The minimum Gasteiger partial charge on any atom is -0.489 e. The first kappa shape index (κ1) is 30.2. The Bertz CT molecular complexity index is 1720. The van der Waals surface area contributed by atoms with E-state index in [1.54, 1.807) is 0 Å². The molecule has 2 saturated carbocycles. The summed E-state index contributed by atoms with van der Waals surface area (Å²) in [5.41, 5.74) is 0.000630. The quantitative estimate of drug-likeness (QED) is 0.306. The number of nitriles is 1. The number of nitrogens with one attached hydrogen (secondary N) is 1. The Labute approximate surface area is 255 Å². The topological polar surface area (TPSA) is 157 Å². The van der Waals surface area contributed by atoms with Gasteiger partial charge in [0.25, 0.3) is 5.91 Å². The molecule has 2 fully saturated rings. The van der Waals surface area contributed by atoms with Crippen molar-refractivity contribution in [1.29, 1.82) is 5.26 Å². The molecule has 2 atom stereocenters. The van der Waals surface area contributed by atoms with Crippen molar-refractivity contribution in [2.24, 2.45) is 5.73 Å². The maximum absolute atomic E-state index is 14.7. The zero-order valence-electron chi connectivity index (χ0n) is 24.1. The predicted octanol–water partition coefficient (Wildman–Crippen LogP) is 4.02. The number of fused-ring (bicyclic) bond motifs is 1. The molecule has 3 aromatic rings. The average Bonchev–Trinajstić information content (AvgIpc) is 3.96. The summed E-state index contributed by atoms with van der Waals surface area (Å²) in [5.74, 6) is -0.956. The Hall–Kier alpha value is -4.83. The molecule has 2 aromatic carbocycles. The first-order valence-electron chi connectivity index (χ1n) is 14.4. The third kappa shape index (κ3) is 5.73. The lowest BCUT2D eigenvalue weighted by Crippen LogP contribution is -2.51. The van der Waals surface area contributed by atoms with Crippen molar-refractivity contribution >= 4 is 11.8 Å². The fourth-order valence-corrected chi connectivity index (χ4v) is 4.91. The maximum atomic E-state index is 14.7. The summed E-state index contributed by atoms with van der Waals surface area (Å²) < 4.78 is 61.7. The lowest BCUT2D eigenvalue weighted by Gasteiger charge is -2.31. The van der Waals surface area contributed by atoms with Crippen molar-refractivity contribution < 1.29 is 42.1 Å². The minimum absolute atomic E-state index is 0.00137. The molecule has 2 heterocycles. The standard InChI is InChI=1S/C32H29F3N4O6/c1-30(29(37)41)16-43-27-22(30)13-25(39-26(27)18-4-2-17(14-36)3-5-18)31(42,32(33,34)35)15-38-28(40)19-6-11-23(44-20-7-8-20)24(12-19)45-21-9-10-21/h2-6,11-13,20-21,42H,7-10,15-16H2,1H3,(H2,37,41)(H,38,40)/t30-,31-/m0/s1. The number of hydrogen-bond donors (Lipinski definition) is 3. The second-order valence-electron chi connectivity index (χ2n) is 11.7. The molecular formula is C32H29F3N4O6. The number of rotatable bonds is 10. The van der Waals surface area contributed by atoms with E-state index in [1.807, 2.05) is 6.07 Å². The van der Waals surface area contributed by atoms with Crippen molar-refractivity contribution in [2.45, 2.75) is 62.0 Å². The molecule has 0 radical (unpaired) electrons. The van der Waals surface area contributed by atoms with Gasteiger partial charge in [0.15, 0.2) is 11.5 Å². The number of pyridine rings is 1. The Morgan fingerprint density at radius 1 is 1.09 bits per heavy atom. The first-order chi connectivity index (χ1) is 21.3. The molecule has 0 spiro atoms. The molecule has 234 valence electrons. The number of carbonyl (C=O) groups excluding carboxylic acids is 2. The molecule has 2 aliphatic carbocycles. The van der Waals surface area contributed by atoms with Crippen LogP contribution in [-0.4, -0.2) is 53.4 Å². The van der Waals surface area contributed by atoms with Gasteiger partial charge < -0.3 is 30.4 Å². The van der Waals surface area contributed by atoms with E-state index >= 15 is 0 Å². The number of halogens is 3. The van der Waals surface area contributed by atoms with Crippen LogP contribution in [0.1, 0.15) is 59.8 Å². The van der Waals surface area contributed by atoms with Gasteiger partial charge in [-0.3, -0.25) is 9.59 Å². The molecule has 13 heteroatoms. The second-order valence-corrected chi connectivity index (χ2v) is 11.7. The van der Waals surface area contributed by atoms with Crippen LogP contribution in [0.3, 0.4) is 0 Å². The molecule has 45 heavy (non-hydrogen) atoms. The van der Waals surface area contributed by atoms with Gasteiger partial charge in [0.05, 0.1) is 36.1 Å². The normalized spacial score (nSPS) is 20.3. The number of benzene rings is 2. The van der Waals surface area contributed by atoms with E-state index in [4.69, 9.17) is 25.2 Å². The Morgan fingerprint density at radius 2 is 1.73 bits per heavy atom. The number of aliphatic hydroxyl groups is 1. The fraction of sp³-hybridized carbons (Fsp3) is 0.375. The van der Waals surface area contributed by atoms with Gasteiger partial charge in [-0.05, 0) is 69.0 Å². The Kier molecular flexibility index (Phi) is 7.35. The lowest BCUT2D eigenvalue weighted by atomic mass is 9.81. The van der Waals surface area contributed by atoms with Gasteiger partial charge in [0.1, 0.15) is 23.5 Å². The van der Waals surface area contributed by atoms with Gasteiger partial charge in [0, 0.05) is 16.7 Å². The minimum atomic E-state index is -5.33.